The molecule has 136 valence electrons. The van der Waals surface area contributed by atoms with Gasteiger partial charge in [-0.3, -0.25) is 0 Å². The summed E-state index contributed by atoms with van der Waals surface area (Å²) < 4.78 is 15.0. The Balaban J connectivity index is 2.03. The molecule has 0 aliphatic rings. The molecule has 0 saturated heterocycles. The van der Waals surface area contributed by atoms with Gasteiger partial charge in [0.1, 0.15) is 5.82 Å². The maximum atomic E-state index is 13.3. The van der Waals surface area contributed by atoms with Crippen molar-refractivity contribution in [1.29, 1.82) is 0 Å². The quantitative estimate of drug-likeness (QED) is 0.283. The lowest BCUT2D eigenvalue weighted by molar-refractivity contribution is -0.575. The number of benzene rings is 2. The summed E-state index contributed by atoms with van der Waals surface area (Å²) in [6.07, 6.45) is 4.51. The number of nitrogens with zero attached hydrogens (tertiary/aromatic N) is 1. The second-order valence-corrected chi connectivity index (χ2v) is 6.40. The van der Waals surface area contributed by atoms with Crippen molar-refractivity contribution in [2.45, 2.75) is 13.3 Å². The molecule has 3 aromatic rings. The highest BCUT2D eigenvalue weighted by Crippen LogP contribution is 2.20. The molecule has 0 atom stereocenters. The Kier molecular flexibility index (Phi) is 5.94. The third-order valence-corrected chi connectivity index (χ3v) is 4.42. The predicted molar refractivity (Wildman–Crippen MR) is 111 cm³/mol. The van der Waals surface area contributed by atoms with Gasteiger partial charge in [0.25, 0.3) is 5.70 Å². The number of hydrogen-bond acceptors (Lipinski definition) is 2. The number of nitrogens with one attached hydrogen (secondary N) is 1. The zero-order valence-corrected chi connectivity index (χ0v) is 15.7. The van der Waals surface area contributed by atoms with Crippen LogP contribution in [0.1, 0.15) is 18.1 Å². The van der Waals surface area contributed by atoms with E-state index >= 15 is 0 Å². The summed E-state index contributed by atoms with van der Waals surface area (Å²) in [5, 5.41) is 14.1. The number of aryl methyl sites for hydroxylation is 1. The van der Waals surface area contributed by atoms with Gasteiger partial charge in [-0.05, 0) is 48.4 Å². The van der Waals surface area contributed by atoms with Gasteiger partial charge >= 0.3 is 0 Å². The fourth-order valence-corrected chi connectivity index (χ4v) is 3.02. The predicted octanol–water partition coefficient (Wildman–Crippen LogP) is 5.00. The fourth-order valence-electron chi connectivity index (χ4n) is 2.70. The minimum atomic E-state index is -0.363. The van der Waals surface area contributed by atoms with E-state index in [-0.39, 0.29) is 11.6 Å². The van der Waals surface area contributed by atoms with Crippen LogP contribution in [0.2, 0.25) is 0 Å². The third-order valence-electron chi connectivity index (χ3n) is 4.12. The number of anilines is 1. The summed E-state index contributed by atoms with van der Waals surface area (Å²) in [6, 6.07) is 19.2. The molecule has 0 unspecified atom stereocenters. The number of thiocarbonyl (C=S) groups is 1. The molecule has 0 aliphatic carbocycles. The zero-order valence-electron chi connectivity index (χ0n) is 14.9. The van der Waals surface area contributed by atoms with Gasteiger partial charge in [-0.15, -0.1) is 0 Å². The molecule has 2 aromatic carbocycles. The molecule has 1 heterocycles. The van der Waals surface area contributed by atoms with E-state index in [4.69, 9.17) is 12.2 Å². The van der Waals surface area contributed by atoms with Crippen molar-refractivity contribution in [3.8, 4) is 0 Å². The molecule has 0 bridgehead atoms. The lowest BCUT2D eigenvalue weighted by atomic mass is 10.1. The molecule has 0 aliphatic heterocycles. The van der Waals surface area contributed by atoms with Crippen molar-refractivity contribution in [2.75, 3.05) is 5.32 Å². The van der Waals surface area contributed by atoms with Crippen LogP contribution in [0, 0.1) is 5.82 Å². The number of rotatable bonds is 5. The number of hydrogen-bond donors (Lipinski definition) is 2. The maximum absolute atomic E-state index is 13.3. The van der Waals surface area contributed by atoms with Gasteiger partial charge in [0.15, 0.2) is 23.1 Å². The van der Waals surface area contributed by atoms with Crippen LogP contribution in [0.25, 0.3) is 11.5 Å². The molecule has 3 nitrogen and oxygen atoms in total. The standard InChI is InChI=1S/C22H19FN2OS/c1-2-16-7-6-8-19(15-16)24-22(27)20(25-13-4-3-5-14-25)21(26)17-9-11-18(23)12-10-17/h3-15H,2H2,1H3,(H-,24,26,27)/p+1. The van der Waals surface area contributed by atoms with Crippen LogP contribution in [0.15, 0.2) is 79.1 Å². The number of aliphatic hydroxyl groups excluding tert-OH is 1. The Morgan fingerprint density at radius 3 is 2.41 bits per heavy atom. The van der Waals surface area contributed by atoms with Crippen molar-refractivity contribution in [1.82, 2.24) is 0 Å². The largest absolute Gasteiger partial charge is 0.502 e. The number of halogens is 1. The van der Waals surface area contributed by atoms with Gasteiger partial charge in [-0.2, -0.15) is 4.57 Å². The van der Waals surface area contributed by atoms with Crippen LogP contribution >= 0.6 is 12.2 Å². The van der Waals surface area contributed by atoms with Crippen LogP contribution in [0.3, 0.4) is 0 Å². The van der Waals surface area contributed by atoms with Gasteiger partial charge < -0.3 is 10.4 Å². The van der Waals surface area contributed by atoms with Crippen LogP contribution in [0.5, 0.6) is 0 Å². The minimum Gasteiger partial charge on any atom is -0.502 e. The van der Waals surface area contributed by atoms with Gasteiger partial charge in [-0.1, -0.05) is 37.3 Å². The van der Waals surface area contributed by atoms with Crippen LogP contribution < -0.4 is 9.88 Å². The van der Waals surface area contributed by atoms with Crippen LogP contribution in [-0.4, -0.2) is 10.1 Å². The summed E-state index contributed by atoms with van der Waals surface area (Å²) >= 11 is 5.60. The van der Waals surface area contributed by atoms with E-state index in [0.29, 0.717) is 16.2 Å². The molecule has 5 heteroatoms. The number of pyridine rings is 1. The second kappa shape index (κ2) is 8.56. The highest BCUT2D eigenvalue weighted by Gasteiger charge is 2.23. The third kappa shape index (κ3) is 4.57. The Morgan fingerprint density at radius 2 is 1.74 bits per heavy atom. The normalized spacial score (nSPS) is 11.6. The first kappa shape index (κ1) is 18.7. The summed E-state index contributed by atoms with van der Waals surface area (Å²) in [7, 11) is 0. The second-order valence-electron chi connectivity index (χ2n) is 5.99. The van der Waals surface area contributed by atoms with E-state index in [9.17, 15) is 9.50 Å². The first-order valence-corrected chi connectivity index (χ1v) is 9.05. The molecular formula is C22H20FN2OS+. The summed E-state index contributed by atoms with van der Waals surface area (Å²) in [6.45, 7) is 2.09. The van der Waals surface area contributed by atoms with E-state index in [1.54, 1.807) is 17.0 Å². The smallest absolute Gasteiger partial charge is 0.288 e. The average Bonchev–Trinajstić information content (AvgIpc) is 2.69. The maximum Gasteiger partial charge on any atom is 0.288 e. The van der Waals surface area contributed by atoms with E-state index < -0.39 is 0 Å². The highest BCUT2D eigenvalue weighted by molar-refractivity contribution is 7.81. The van der Waals surface area contributed by atoms with E-state index in [1.807, 2.05) is 42.5 Å². The Morgan fingerprint density at radius 1 is 1.04 bits per heavy atom. The van der Waals surface area contributed by atoms with Crippen molar-refractivity contribution in [3.63, 3.8) is 0 Å². The monoisotopic (exact) mass is 379 g/mol. The number of aliphatic hydroxyl groups is 1. The van der Waals surface area contributed by atoms with Crippen molar-refractivity contribution >= 4 is 34.3 Å². The number of aromatic nitrogens is 1. The lowest BCUT2D eigenvalue weighted by Crippen LogP contribution is -2.38. The topological polar surface area (TPSA) is 36.1 Å². The molecule has 0 radical (unpaired) electrons. The van der Waals surface area contributed by atoms with Crippen molar-refractivity contribution in [3.05, 3.63) is 96.1 Å². The molecule has 3 rings (SSSR count). The molecule has 27 heavy (non-hydrogen) atoms. The van der Waals surface area contributed by atoms with Gasteiger partial charge in [0.2, 0.25) is 0 Å². The molecule has 0 fully saturated rings. The van der Waals surface area contributed by atoms with E-state index in [0.717, 1.165) is 12.1 Å². The summed E-state index contributed by atoms with van der Waals surface area (Å²) in [5.41, 5.74) is 2.93. The Hall–Kier alpha value is -3.05. The van der Waals surface area contributed by atoms with Gasteiger partial charge in [0, 0.05) is 23.4 Å². The first-order valence-electron chi connectivity index (χ1n) is 8.64. The summed E-state index contributed by atoms with van der Waals surface area (Å²) in [4.78, 5) is 0.362. The van der Waals surface area contributed by atoms with Crippen LogP contribution in [-0.2, 0) is 6.42 Å². The molecular weight excluding hydrogens is 359 g/mol. The molecule has 0 spiro atoms. The van der Waals surface area contributed by atoms with Crippen molar-refractivity contribution < 1.29 is 14.1 Å². The first-order chi connectivity index (χ1) is 13.1. The lowest BCUT2D eigenvalue weighted by Gasteiger charge is -2.11. The Bertz CT molecular complexity index is 969. The summed E-state index contributed by atoms with van der Waals surface area (Å²) in [5.74, 6) is -0.395. The van der Waals surface area contributed by atoms with Crippen LogP contribution in [0.4, 0.5) is 10.1 Å². The molecule has 0 saturated carbocycles. The van der Waals surface area contributed by atoms with Gasteiger partial charge in [0.05, 0.1) is 0 Å². The van der Waals surface area contributed by atoms with Gasteiger partial charge in [-0.25, -0.2) is 4.39 Å². The SMILES string of the molecule is CCc1cccc(NC(=S)C(=C(O)c2ccc(F)cc2)[n+]2ccccc2)c1. The van der Waals surface area contributed by atoms with Crippen molar-refractivity contribution in [2.24, 2.45) is 0 Å². The average molecular weight is 379 g/mol. The minimum absolute atomic E-state index is 0.0321. The fraction of sp³-hybridized carbons (Fsp3) is 0.0909. The molecule has 2 N–H and O–H groups in total. The molecule has 0 amide bonds. The molecule has 1 aromatic heterocycles. The van der Waals surface area contributed by atoms with E-state index in [2.05, 4.69) is 12.2 Å². The Labute approximate surface area is 163 Å². The highest BCUT2D eigenvalue weighted by atomic mass is 32.1. The van der Waals surface area contributed by atoms with E-state index in [1.165, 1.54) is 29.8 Å². The zero-order chi connectivity index (χ0) is 19.2.